The lowest BCUT2D eigenvalue weighted by Crippen LogP contribution is -2.54. The molecule has 0 saturated heterocycles. The minimum atomic E-state index is -2.36. The summed E-state index contributed by atoms with van der Waals surface area (Å²) >= 11 is 0. The fourth-order valence-electron chi connectivity index (χ4n) is 4.12. The van der Waals surface area contributed by atoms with Crippen LogP contribution in [0.5, 0.6) is 11.5 Å². The van der Waals surface area contributed by atoms with Crippen molar-refractivity contribution in [2.75, 3.05) is 19.5 Å². The largest absolute Gasteiger partial charge is 0.497 e. The highest BCUT2D eigenvalue weighted by molar-refractivity contribution is 6.04. The fraction of sp³-hybridized carbons (Fsp3) is 0.118. The number of rotatable bonds is 12. The van der Waals surface area contributed by atoms with Crippen molar-refractivity contribution < 1.29 is 52.8 Å². The minimum Gasteiger partial charge on any atom is -0.497 e. The van der Waals surface area contributed by atoms with Crippen molar-refractivity contribution in [2.45, 2.75) is 12.2 Å². The van der Waals surface area contributed by atoms with Crippen LogP contribution in [-0.4, -0.2) is 67.2 Å². The zero-order chi connectivity index (χ0) is 34.6. The summed E-state index contributed by atoms with van der Waals surface area (Å²) in [7, 11) is 2.71. The molecule has 0 heterocycles. The molecule has 2 atom stereocenters. The lowest BCUT2D eigenvalue weighted by atomic mass is 10.1. The summed E-state index contributed by atoms with van der Waals surface area (Å²) in [5, 5.41) is 12.6. The molecule has 4 aromatic carbocycles. The van der Waals surface area contributed by atoms with E-state index in [0.717, 1.165) is 0 Å². The molecule has 0 aromatic heterocycles. The third-order valence-electron chi connectivity index (χ3n) is 6.60. The third-order valence-corrected chi connectivity index (χ3v) is 6.60. The number of benzene rings is 4. The van der Waals surface area contributed by atoms with Gasteiger partial charge in [-0.25, -0.2) is 14.4 Å². The maximum absolute atomic E-state index is 13.3. The first-order valence-electron chi connectivity index (χ1n) is 14.1. The highest BCUT2D eigenvalue weighted by Gasteiger charge is 2.41. The molecular formula is C34H29N3O11. The number of hydrazine groups is 1. The van der Waals surface area contributed by atoms with Crippen LogP contribution in [0.15, 0.2) is 103 Å². The summed E-state index contributed by atoms with van der Waals surface area (Å²) in [6.45, 7) is 0. The molecule has 0 bridgehead atoms. The lowest BCUT2D eigenvalue weighted by Gasteiger charge is -2.23. The van der Waals surface area contributed by atoms with Crippen LogP contribution < -0.4 is 25.6 Å². The normalized spacial score (nSPS) is 11.5. The molecule has 0 aliphatic heterocycles. The molecule has 3 amide bonds. The van der Waals surface area contributed by atoms with Crippen LogP contribution in [0.2, 0.25) is 0 Å². The van der Waals surface area contributed by atoms with Gasteiger partial charge in [0.2, 0.25) is 12.2 Å². The minimum absolute atomic E-state index is 0.0390. The van der Waals surface area contributed by atoms with E-state index in [0.29, 0.717) is 11.3 Å². The number of carbonyl (C=O) groups excluding carboxylic acids is 5. The van der Waals surface area contributed by atoms with Crippen molar-refractivity contribution in [2.24, 2.45) is 0 Å². The van der Waals surface area contributed by atoms with Crippen molar-refractivity contribution in [1.82, 2.24) is 10.9 Å². The number of hydrogen-bond donors (Lipinski definition) is 4. The molecule has 0 spiro atoms. The second kappa shape index (κ2) is 16.0. The monoisotopic (exact) mass is 655 g/mol. The van der Waals surface area contributed by atoms with Gasteiger partial charge in [0.25, 0.3) is 17.7 Å². The summed E-state index contributed by atoms with van der Waals surface area (Å²) in [6, 6.07) is 25.3. The number of aliphatic carboxylic acids is 1. The number of amides is 3. The van der Waals surface area contributed by atoms with Gasteiger partial charge in [0, 0.05) is 16.8 Å². The Kier molecular flexibility index (Phi) is 11.4. The number of carbonyl (C=O) groups is 6. The molecule has 0 aliphatic rings. The topological polar surface area (TPSA) is 196 Å². The Labute approximate surface area is 273 Å². The van der Waals surface area contributed by atoms with Crippen LogP contribution in [0.3, 0.4) is 0 Å². The van der Waals surface area contributed by atoms with E-state index in [-0.39, 0.29) is 34.1 Å². The van der Waals surface area contributed by atoms with Gasteiger partial charge < -0.3 is 29.4 Å². The molecule has 4 aromatic rings. The molecule has 14 heteroatoms. The molecule has 0 radical (unpaired) electrons. The van der Waals surface area contributed by atoms with Gasteiger partial charge in [0.1, 0.15) is 11.5 Å². The number of methoxy groups -OCH3 is 2. The van der Waals surface area contributed by atoms with E-state index in [4.69, 9.17) is 18.9 Å². The molecule has 4 N–H and O–H groups in total. The van der Waals surface area contributed by atoms with Gasteiger partial charge in [0.15, 0.2) is 0 Å². The van der Waals surface area contributed by atoms with Gasteiger partial charge >= 0.3 is 17.9 Å². The van der Waals surface area contributed by atoms with E-state index in [9.17, 15) is 33.9 Å². The van der Waals surface area contributed by atoms with Crippen LogP contribution in [0.1, 0.15) is 41.4 Å². The van der Waals surface area contributed by atoms with E-state index in [1.54, 1.807) is 30.3 Å². The van der Waals surface area contributed by atoms with Gasteiger partial charge in [-0.15, -0.1) is 0 Å². The highest BCUT2D eigenvalue weighted by atomic mass is 16.6. The maximum atomic E-state index is 13.3. The molecule has 0 saturated carbocycles. The van der Waals surface area contributed by atoms with Crippen molar-refractivity contribution in [3.8, 4) is 11.5 Å². The standard InChI is InChI=1S/C34H29N3O11/c1-45-25-12-6-10-22(18-25)33(43)47-27(28(32(41)42)48-34(44)23-11-7-13-26(19-23)46-2)31(40)37-36-30(39)21-14-16-24(17-15-21)35-29(38)20-8-4-3-5-9-20/h3-19,27-28H,1-2H3,(H,35,38)(H,36,39)(H,37,40)(H,41,42)/t27-,28+/m1/s1. The van der Waals surface area contributed by atoms with E-state index in [1.807, 2.05) is 5.43 Å². The van der Waals surface area contributed by atoms with Crippen molar-refractivity contribution in [1.29, 1.82) is 0 Å². The summed E-state index contributed by atoms with van der Waals surface area (Å²) in [6.07, 6.45) is -4.64. The Morgan fingerprint density at radius 3 is 1.58 bits per heavy atom. The quantitative estimate of drug-likeness (QED) is 0.129. The first kappa shape index (κ1) is 34.2. The Balaban J connectivity index is 1.50. The summed E-state index contributed by atoms with van der Waals surface area (Å²) in [5.74, 6) is -6.16. The van der Waals surface area contributed by atoms with Gasteiger partial charge in [0.05, 0.1) is 25.3 Å². The SMILES string of the molecule is COc1cccc(C(=O)O[C@H](C(=O)O)[C@@H](OC(=O)c2cccc(OC)c2)C(=O)NNC(=O)c2ccc(NC(=O)c3ccccc3)cc2)c1. The van der Waals surface area contributed by atoms with Crippen LogP contribution in [-0.2, 0) is 19.1 Å². The zero-order valence-corrected chi connectivity index (χ0v) is 25.5. The molecular weight excluding hydrogens is 626 g/mol. The first-order chi connectivity index (χ1) is 23.1. The number of ether oxygens (including phenoxy) is 4. The van der Waals surface area contributed by atoms with Crippen molar-refractivity contribution in [3.05, 3.63) is 125 Å². The van der Waals surface area contributed by atoms with Crippen molar-refractivity contribution in [3.63, 3.8) is 0 Å². The molecule has 48 heavy (non-hydrogen) atoms. The molecule has 14 nitrogen and oxygen atoms in total. The van der Waals surface area contributed by atoms with E-state index >= 15 is 0 Å². The number of anilines is 1. The fourth-order valence-corrected chi connectivity index (χ4v) is 4.12. The van der Waals surface area contributed by atoms with Crippen LogP contribution in [0.25, 0.3) is 0 Å². The molecule has 0 aliphatic carbocycles. The Morgan fingerprint density at radius 1 is 0.562 bits per heavy atom. The van der Waals surface area contributed by atoms with Crippen LogP contribution in [0.4, 0.5) is 5.69 Å². The summed E-state index contributed by atoms with van der Waals surface area (Å²) < 4.78 is 20.5. The Bertz CT molecular complexity index is 1810. The predicted octanol–water partition coefficient (Wildman–Crippen LogP) is 3.25. The molecule has 0 fully saturated rings. The Hall–Kier alpha value is -6.70. The van der Waals surface area contributed by atoms with Gasteiger partial charge in [-0.1, -0.05) is 30.3 Å². The molecule has 246 valence electrons. The second-order valence-electron chi connectivity index (χ2n) is 9.79. The number of esters is 2. The molecule has 0 unspecified atom stereocenters. The van der Waals surface area contributed by atoms with Gasteiger partial charge in [-0.2, -0.15) is 0 Å². The maximum Gasteiger partial charge on any atom is 0.349 e. The highest BCUT2D eigenvalue weighted by Crippen LogP contribution is 2.19. The second-order valence-corrected chi connectivity index (χ2v) is 9.79. The summed E-state index contributed by atoms with van der Waals surface area (Å²) in [5.41, 5.74) is 4.74. The number of hydrogen-bond acceptors (Lipinski definition) is 10. The number of carboxylic acids is 1. The lowest BCUT2D eigenvalue weighted by molar-refractivity contribution is -0.159. The van der Waals surface area contributed by atoms with E-state index in [1.165, 1.54) is 87.0 Å². The van der Waals surface area contributed by atoms with E-state index in [2.05, 4.69) is 10.7 Å². The zero-order valence-electron chi connectivity index (χ0n) is 25.5. The number of nitrogens with one attached hydrogen (secondary N) is 3. The van der Waals surface area contributed by atoms with Crippen LogP contribution in [0, 0.1) is 0 Å². The van der Waals surface area contributed by atoms with Gasteiger partial charge in [-0.05, 0) is 72.8 Å². The third kappa shape index (κ3) is 8.94. The van der Waals surface area contributed by atoms with Gasteiger partial charge in [-0.3, -0.25) is 25.2 Å². The molecule has 4 rings (SSSR count). The predicted molar refractivity (Wildman–Crippen MR) is 168 cm³/mol. The van der Waals surface area contributed by atoms with Crippen LogP contribution >= 0.6 is 0 Å². The Morgan fingerprint density at radius 2 is 1.06 bits per heavy atom. The average molecular weight is 656 g/mol. The summed E-state index contributed by atoms with van der Waals surface area (Å²) in [4.78, 5) is 76.7. The first-order valence-corrected chi connectivity index (χ1v) is 14.1. The van der Waals surface area contributed by atoms with E-state index < -0.39 is 41.9 Å². The smallest absolute Gasteiger partial charge is 0.349 e. The number of carboxylic acid groups (broad SMARTS) is 1. The van der Waals surface area contributed by atoms with Crippen molar-refractivity contribution >= 4 is 41.3 Å². The average Bonchev–Trinajstić information content (AvgIpc) is 3.12.